The molecule has 1 aromatic rings. The van der Waals surface area contributed by atoms with Gasteiger partial charge in [0.25, 0.3) is 0 Å². The van der Waals surface area contributed by atoms with Crippen LogP contribution in [0.25, 0.3) is 0 Å². The van der Waals surface area contributed by atoms with Crippen LogP contribution in [0.3, 0.4) is 0 Å². The highest BCUT2D eigenvalue weighted by Crippen LogP contribution is 2.35. The molecule has 3 nitrogen and oxygen atoms in total. The van der Waals surface area contributed by atoms with Crippen molar-refractivity contribution in [2.75, 3.05) is 12.3 Å². The van der Waals surface area contributed by atoms with Crippen LogP contribution in [-0.2, 0) is 16.4 Å². The van der Waals surface area contributed by atoms with Crippen LogP contribution in [0.4, 0.5) is 0 Å². The van der Waals surface area contributed by atoms with E-state index in [0.717, 1.165) is 12.3 Å². The highest BCUT2D eigenvalue weighted by molar-refractivity contribution is 7.89. The van der Waals surface area contributed by atoms with E-state index in [2.05, 4.69) is 35.9 Å². The average Bonchev–Trinajstić information content (AvgIpc) is 2.47. The van der Waals surface area contributed by atoms with Gasteiger partial charge < -0.3 is 0 Å². The minimum atomic E-state index is -3.13. The monoisotopic (exact) mass is 337 g/mol. The Kier molecular flexibility index (Phi) is 6.66. The molecule has 0 aromatic heterocycles. The fourth-order valence-corrected chi connectivity index (χ4v) is 4.81. The van der Waals surface area contributed by atoms with E-state index in [4.69, 9.17) is 0 Å². The molecule has 130 valence electrons. The second-order valence-electron chi connectivity index (χ2n) is 7.52. The maximum atomic E-state index is 11.8. The molecule has 23 heavy (non-hydrogen) atoms. The molecule has 0 unspecified atom stereocenters. The lowest BCUT2D eigenvalue weighted by Crippen LogP contribution is -2.30. The quantitative estimate of drug-likeness (QED) is 0.814. The predicted molar refractivity (Wildman–Crippen MR) is 97.1 cm³/mol. The molecular formula is C19H31NO2S. The first kappa shape index (κ1) is 18.5. The fraction of sp³-hybridized carbons (Fsp3) is 0.684. The zero-order chi connectivity index (χ0) is 16.9. The Morgan fingerprint density at radius 2 is 1.70 bits per heavy atom. The van der Waals surface area contributed by atoms with Gasteiger partial charge in [-0.15, -0.1) is 0 Å². The lowest BCUT2D eigenvalue weighted by molar-refractivity contribution is 0.348. The third-order valence-electron chi connectivity index (χ3n) is 4.76. The lowest BCUT2D eigenvalue weighted by Gasteiger charge is -2.26. The summed E-state index contributed by atoms with van der Waals surface area (Å²) in [5, 5.41) is 0. The van der Waals surface area contributed by atoms with E-state index < -0.39 is 10.0 Å². The average molecular weight is 338 g/mol. The number of rotatable bonds is 7. The SMILES string of the molecule is CC(C)CS(=O)(=O)NCCc1ccc(C2CCC(C)CC2)cc1. The van der Waals surface area contributed by atoms with Crippen LogP contribution < -0.4 is 4.72 Å². The van der Waals surface area contributed by atoms with Crippen molar-refractivity contribution in [3.63, 3.8) is 0 Å². The maximum Gasteiger partial charge on any atom is 0.211 e. The molecule has 0 spiro atoms. The van der Waals surface area contributed by atoms with Crippen molar-refractivity contribution in [2.45, 2.75) is 58.8 Å². The molecular weight excluding hydrogens is 306 g/mol. The first-order chi connectivity index (χ1) is 10.9. The molecule has 0 saturated heterocycles. The molecule has 4 heteroatoms. The van der Waals surface area contributed by atoms with Gasteiger partial charge in [-0.05, 0) is 48.1 Å². The molecule has 0 amide bonds. The summed E-state index contributed by atoms with van der Waals surface area (Å²) < 4.78 is 26.3. The third-order valence-corrected chi connectivity index (χ3v) is 6.50. The van der Waals surface area contributed by atoms with E-state index in [-0.39, 0.29) is 11.7 Å². The van der Waals surface area contributed by atoms with Crippen molar-refractivity contribution < 1.29 is 8.42 Å². The second-order valence-corrected chi connectivity index (χ2v) is 9.37. The second kappa shape index (κ2) is 8.29. The lowest BCUT2D eigenvalue weighted by atomic mass is 9.79. The highest BCUT2D eigenvalue weighted by atomic mass is 32.2. The van der Waals surface area contributed by atoms with Gasteiger partial charge in [-0.25, -0.2) is 13.1 Å². The molecule has 2 rings (SSSR count). The van der Waals surface area contributed by atoms with Crippen molar-refractivity contribution >= 4 is 10.0 Å². The summed E-state index contributed by atoms with van der Waals surface area (Å²) in [5.74, 6) is 1.95. The van der Waals surface area contributed by atoms with Gasteiger partial charge in [0, 0.05) is 6.54 Å². The molecule has 1 aliphatic carbocycles. The minimum absolute atomic E-state index is 0.157. The van der Waals surface area contributed by atoms with E-state index in [9.17, 15) is 8.42 Å². The summed E-state index contributed by atoms with van der Waals surface area (Å²) in [6, 6.07) is 8.78. The van der Waals surface area contributed by atoms with Gasteiger partial charge in [0.15, 0.2) is 0 Å². The van der Waals surface area contributed by atoms with Gasteiger partial charge in [0.2, 0.25) is 10.0 Å². The van der Waals surface area contributed by atoms with Gasteiger partial charge >= 0.3 is 0 Å². The number of hydrogen-bond acceptors (Lipinski definition) is 2. The molecule has 0 aliphatic heterocycles. The number of benzene rings is 1. The summed E-state index contributed by atoms with van der Waals surface area (Å²) in [4.78, 5) is 0. The van der Waals surface area contributed by atoms with Crippen LogP contribution >= 0.6 is 0 Å². The van der Waals surface area contributed by atoms with Crippen LogP contribution in [0.1, 0.15) is 63.5 Å². The standard InChI is InChI=1S/C19H31NO2S/c1-15(2)14-23(21,22)20-13-12-17-6-10-19(11-7-17)18-8-4-16(3)5-9-18/h6-7,10-11,15-16,18,20H,4-5,8-9,12-14H2,1-3H3. The predicted octanol–water partition coefficient (Wildman–Crippen LogP) is 4.10. The fourth-order valence-electron chi connectivity index (χ4n) is 3.40. The first-order valence-electron chi connectivity index (χ1n) is 8.92. The number of hydrogen-bond donors (Lipinski definition) is 1. The van der Waals surface area contributed by atoms with E-state index in [0.29, 0.717) is 12.5 Å². The Bertz CT molecular complexity index is 570. The third kappa shape index (κ3) is 6.27. The van der Waals surface area contributed by atoms with Crippen LogP contribution in [0.5, 0.6) is 0 Å². The van der Waals surface area contributed by atoms with Crippen LogP contribution in [-0.4, -0.2) is 20.7 Å². The molecule has 0 heterocycles. The van der Waals surface area contributed by atoms with Gasteiger partial charge in [0.05, 0.1) is 5.75 Å². The van der Waals surface area contributed by atoms with E-state index in [1.165, 1.54) is 36.8 Å². The Balaban J connectivity index is 1.81. The minimum Gasteiger partial charge on any atom is -0.215 e. The van der Waals surface area contributed by atoms with Crippen molar-refractivity contribution in [2.24, 2.45) is 11.8 Å². The Morgan fingerprint density at radius 3 is 2.26 bits per heavy atom. The molecule has 1 aromatic carbocycles. The normalized spacial score (nSPS) is 22.4. The van der Waals surface area contributed by atoms with Gasteiger partial charge in [0.1, 0.15) is 0 Å². The first-order valence-corrected chi connectivity index (χ1v) is 10.6. The van der Waals surface area contributed by atoms with E-state index >= 15 is 0 Å². The van der Waals surface area contributed by atoms with Crippen molar-refractivity contribution in [3.8, 4) is 0 Å². The van der Waals surface area contributed by atoms with Crippen LogP contribution in [0, 0.1) is 11.8 Å². The van der Waals surface area contributed by atoms with Crippen molar-refractivity contribution in [3.05, 3.63) is 35.4 Å². The zero-order valence-electron chi connectivity index (χ0n) is 14.7. The number of sulfonamides is 1. The Hall–Kier alpha value is -0.870. The van der Waals surface area contributed by atoms with Crippen molar-refractivity contribution in [1.29, 1.82) is 0 Å². The summed E-state index contributed by atoms with van der Waals surface area (Å²) in [6.45, 7) is 6.67. The van der Waals surface area contributed by atoms with Gasteiger partial charge in [-0.1, -0.05) is 57.9 Å². The van der Waals surface area contributed by atoms with Gasteiger partial charge in [-0.3, -0.25) is 0 Å². The summed E-state index contributed by atoms with van der Waals surface area (Å²) >= 11 is 0. The molecule has 0 bridgehead atoms. The zero-order valence-corrected chi connectivity index (χ0v) is 15.5. The highest BCUT2D eigenvalue weighted by Gasteiger charge is 2.19. The summed E-state index contributed by atoms with van der Waals surface area (Å²) in [6.07, 6.45) is 6.03. The van der Waals surface area contributed by atoms with E-state index in [1.54, 1.807) is 0 Å². The summed E-state index contributed by atoms with van der Waals surface area (Å²) in [5.41, 5.74) is 2.64. The maximum absolute atomic E-state index is 11.8. The smallest absolute Gasteiger partial charge is 0.211 e. The Morgan fingerprint density at radius 1 is 1.09 bits per heavy atom. The largest absolute Gasteiger partial charge is 0.215 e. The summed E-state index contributed by atoms with van der Waals surface area (Å²) in [7, 11) is -3.13. The molecule has 1 saturated carbocycles. The molecule has 0 atom stereocenters. The number of nitrogens with one attached hydrogen (secondary N) is 1. The van der Waals surface area contributed by atoms with E-state index in [1.807, 2.05) is 13.8 Å². The van der Waals surface area contributed by atoms with Crippen LogP contribution in [0.15, 0.2) is 24.3 Å². The molecule has 0 radical (unpaired) electrons. The molecule has 1 N–H and O–H groups in total. The molecule has 1 fully saturated rings. The van der Waals surface area contributed by atoms with Crippen molar-refractivity contribution in [1.82, 2.24) is 4.72 Å². The molecule has 1 aliphatic rings. The van der Waals surface area contributed by atoms with Crippen LogP contribution in [0.2, 0.25) is 0 Å². The topological polar surface area (TPSA) is 46.2 Å². The van der Waals surface area contributed by atoms with Gasteiger partial charge in [-0.2, -0.15) is 0 Å². The Labute approximate surface area is 141 Å².